The van der Waals surface area contributed by atoms with E-state index in [0.29, 0.717) is 31.1 Å². The van der Waals surface area contributed by atoms with Crippen molar-refractivity contribution < 1.29 is 13.2 Å². The molecule has 1 fully saturated rings. The summed E-state index contributed by atoms with van der Waals surface area (Å²) in [6, 6.07) is 6.56. The smallest absolute Gasteiger partial charge is 0.243 e. The van der Waals surface area contributed by atoms with Gasteiger partial charge in [-0.1, -0.05) is 39.3 Å². The number of aryl methyl sites for hydroxylation is 1. The van der Waals surface area contributed by atoms with Crippen LogP contribution < -0.4 is 5.73 Å². The Labute approximate surface area is 163 Å². The molecular formula is C18H30ClN3O3S. The van der Waals surface area contributed by atoms with Gasteiger partial charge in [-0.05, 0) is 30.0 Å². The summed E-state index contributed by atoms with van der Waals surface area (Å²) in [4.78, 5) is 14.3. The summed E-state index contributed by atoms with van der Waals surface area (Å²) in [6.07, 6.45) is 1.97. The van der Waals surface area contributed by atoms with Crippen molar-refractivity contribution in [3.63, 3.8) is 0 Å². The van der Waals surface area contributed by atoms with Crippen molar-refractivity contribution in [3.05, 3.63) is 29.8 Å². The highest BCUT2D eigenvalue weighted by Gasteiger charge is 2.32. The van der Waals surface area contributed by atoms with Gasteiger partial charge in [0.05, 0.1) is 10.9 Å². The van der Waals surface area contributed by atoms with Crippen LogP contribution >= 0.6 is 12.4 Å². The molecule has 148 valence electrons. The molecule has 0 radical (unpaired) electrons. The number of carbonyl (C=O) groups is 1. The van der Waals surface area contributed by atoms with E-state index >= 15 is 0 Å². The molecule has 0 aliphatic carbocycles. The molecule has 1 aromatic carbocycles. The van der Waals surface area contributed by atoms with Crippen LogP contribution in [0, 0.1) is 5.92 Å². The molecule has 1 amide bonds. The first-order chi connectivity index (χ1) is 11.8. The van der Waals surface area contributed by atoms with Gasteiger partial charge in [0.1, 0.15) is 0 Å². The highest BCUT2D eigenvalue weighted by molar-refractivity contribution is 7.89. The second kappa shape index (κ2) is 9.69. The molecule has 0 unspecified atom stereocenters. The minimum absolute atomic E-state index is 0. The van der Waals surface area contributed by atoms with Crippen LogP contribution in [0.25, 0.3) is 0 Å². The Kier molecular flexibility index (Phi) is 8.53. The molecule has 1 aliphatic heterocycles. The summed E-state index contributed by atoms with van der Waals surface area (Å²) >= 11 is 0. The Morgan fingerprint density at radius 2 is 1.65 bits per heavy atom. The molecule has 1 aliphatic rings. The van der Waals surface area contributed by atoms with Crippen molar-refractivity contribution in [3.8, 4) is 0 Å². The van der Waals surface area contributed by atoms with Gasteiger partial charge < -0.3 is 10.6 Å². The number of amides is 1. The second-order valence-electron chi connectivity index (χ2n) is 6.89. The van der Waals surface area contributed by atoms with Gasteiger partial charge in [0.2, 0.25) is 15.9 Å². The molecule has 6 nitrogen and oxygen atoms in total. The van der Waals surface area contributed by atoms with Gasteiger partial charge in [0, 0.05) is 26.2 Å². The largest absolute Gasteiger partial charge is 0.339 e. The third-order valence-electron chi connectivity index (χ3n) is 4.65. The Hall–Kier alpha value is -1.15. The minimum atomic E-state index is -3.52. The van der Waals surface area contributed by atoms with Gasteiger partial charge in [-0.3, -0.25) is 4.79 Å². The van der Waals surface area contributed by atoms with Gasteiger partial charge in [-0.25, -0.2) is 8.42 Å². The number of nitrogens with zero attached hydrogens (tertiary/aromatic N) is 2. The van der Waals surface area contributed by atoms with E-state index in [2.05, 4.69) is 6.92 Å². The molecule has 0 spiro atoms. The van der Waals surface area contributed by atoms with E-state index in [9.17, 15) is 13.2 Å². The van der Waals surface area contributed by atoms with Crippen molar-refractivity contribution in [2.45, 2.75) is 44.6 Å². The van der Waals surface area contributed by atoms with E-state index in [1.165, 1.54) is 4.31 Å². The predicted molar refractivity (Wildman–Crippen MR) is 106 cm³/mol. The highest BCUT2D eigenvalue weighted by atomic mass is 35.5. The van der Waals surface area contributed by atoms with Gasteiger partial charge in [-0.15, -0.1) is 12.4 Å². The van der Waals surface area contributed by atoms with Gasteiger partial charge in [0.25, 0.3) is 0 Å². The molecule has 0 saturated carbocycles. The third kappa shape index (κ3) is 5.19. The van der Waals surface area contributed by atoms with Crippen molar-refractivity contribution >= 4 is 28.3 Å². The Balaban J connectivity index is 0.00000338. The van der Waals surface area contributed by atoms with Gasteiger partial charge >= 0.3 is 0 Å². The van der Waals surface area contributed by atoms with E-state index in [4.69, 9.17) is 5.73 Å². The monoisotopic (exact) mass is 403 g/mol. The van der Waals surface area contributed by atoms with Gasteiger partial charge in [0.15, 0.2) is 0 Å². The van der Waals surface area contributed by atoms with Crippen molar-refractivity contribution in [2.24, 2.45) is 11.7 Å². The van der Waals surface area contributed by atoms with Crippen LogP contribution in [0.15, 0.2) is 29.2 Å². The van der Waals surface area contributed by atoms with Crippen LogP contribution in [0.1, 0.15) is 32.8 Å². The van der Waals surface area contributed by atoms with Gasteiger partial charge in [-0.2, -0.15) is 4.31 Å². The average Bonchev–Trinajstić information content (AvgIpc) is 2.61. The molecule has 0 bridgehead atoms. The first kappa shape index (κ1) is 22.9. The van der Waals surface area contributed by atoms with Crippen LogP contribution in [0.4, 0.5) is 0 Å². The Morgan fingerprint density at radius 1 is 1.12 bits per heavy atom. The standard InChI is InChI=1S/C18H29N3O3S.ClH/c1-4-5-15-6-8-16(9-7-15)25(23,24)21-12-10-20(11-13-21)18(22)17(19)14(2)3;/h6-9,14,17H,4-5,10-13,19H2,1-3H3;1H/t17-;/m0./s1. The lowest BCUT2D eigenvalue weighted by Gasteiger charge is -2.35. The minimum Gasteiger partial charge on any atom is -0.339 e. The fourth-order valence-electron chi connectivity index (χ4n) is 2.91. The van der Waals surface area contributed by atoms with Crippen LogP contribution in [-0.2, 0) is 21.2 Å². The van der Waals surface area contributed by atoms with E-state index in [-0.39, 0.29) is 24.2 Å². The SMILES string of the molecule is CCCc1ccc(S(=O)(=O)N2CCN(C(=O)[C@@H](N)C(C)C)CC2)cc1.Cl. The molecule has 2 rings (SSSR count). The lowest BCUT2D eigenvalue weighted by atomic mass is 10.0. The molecular weight excluding hydrogens is 374 g/mol. The lowest BCUT2D eigenvalue weighted by Crippen LogP contribution is -2.55. The third-order valence-corrected chi connectivity index (χ3v) is 6.57. The first-order valence-corrected chi connectivity index (χ1v) is 10.3. The number of sulfonamides is 1. The molecule has 1 heterocycles. The maximum Gasteiger partial charge on any atom is 0.243 e. The number of piperazine rings is 1. The second-order valence-corrected chi connectivity index (χ2v) is 8.83. The molecule has 0 aromatic heterocycles. The number of benzene rings is 1. The van der Waals surface area contributed by atoms with Crippen molar-refractivity contribution in [2.75, 3.05) is 26.2 Å². The maximum absolute atomic E-state index is 12.8. The fraction of sp³-hybridized carbons (Fsp3) is 0.611. The summed E-state index contributed by atoms with van der Waals surface area (Å²) in [6.45, 7) is 7.28. The Bertz CT molecular complexity index is 684. The molecule has 1 saturated heterocycles. The van der Waals surface area contributed by atoms with Crippen LogP contribution in [0.3, 0.4) is 0 Å². The van der Waals surface area contributed by atoms with E-state index in [1.807, 2.05) is 26.0 Å². The molecule has 8 heteroatoms. The number of halogens is 1. The summed E-state index contributed by atoms with van der Waals surface area (Å²) < 4.78 is 27.0. The number of rotatable bonds is 6. The van der Waals surface area contributed by atoms with Crippen molar-refractivity contribution in [1.82, 2.24) is 9.21 Å². The van der Waals surface area contributed by atoms with E-state index < -0.39 is 16.1 Å². The van der Waals surface area contributed by atoms with Crippen molar-refractivity contribution in [1.29, 1.82) is 0 Å². The van der Waals surface area contributed by atoms with E-state index in [0.717, 1.165) is 18.4 Å². The fourth-order valence-corrected chi connectivity index (χ4v) is 4.33. The summed E-state index contributed by atoms with van der Waals surface area (Å²) in [7, 11) is -3.52. The first-order valence-electron chi connectivity index (χ1n) is 8.90. The van der Waals surface area contributed by atoms with Crippen LogP contribution in [0.2, 0.25) is 0 Å². The van der Waals surface area contributed by atoms with Crippen LogP contribution in [0.5, 0.6) is 0 Å². The summed E-state index contributed by atoms with van der Waals surface area (Å²) in [5.41, 5.74) is 7.06. The maximum atomic E-state index is 12.8. The quantitative estimate of drug-likeness (QED) is 0.785. The molecule has 1 atom stereocenters. The number of hydrogen-bond donors (Lipinski definition) is 1. The molecule has 2 N–H and O–H groups in total. The predicted octanol–water partition coefficient (Wildman–Crippen LogP) is 1.88. The molecule has 1 aromatic rings. The summed E-state index contributed by atoms with van der Waals surface area (Å²) in [5.74, 6) is -0.0353. The number of nitrogens with two attached hydrogens (primary N) is 1. The van der Waals surface area contributed by atoms with E-state index in [1.54, 1.807) is 17.0 Å². The zero-order valence-electron chi connectivity index (χ0n) is 15.7. The summed E-state index contributed by atoms with van der Waals surface area (Å²) in [5, 5.41) is 0. The average molecular weight is 404 g/mol. The van der Waals surface area contributed by atoms with Crippen LogP contribution in [-0.4, -0.2) is 55.8 Å². The Morgan fingerprint density at radius 3 is 2.12 bits per heavy atom. The number of carbonyl (C=O) groups excluding carboxylic acids is 1. The normalized spacial score (nSPS) is 17.0. The topological polar surface area (TPSA) is 83.7 Å². The zero-order chi connectivity index (χ0) is 18.6. The lowest BCUT2D eigenvalue weighted by molar-refractivity contribution is -0.134. The molecule has 26 heavy (non-hydrogen) atoms. The number of hydrogen-bond acceptors (Lipinski definition) is 4. The zero-order valence-corrected chi connectivity index (χ0v) is 17.4. The highest BCUT2D eigenvalue weighted by Crippen LogP contribution is 2.19.